The second-order valence-electron chi connectivity index (χ2n) is 8.73. The van der Waals surface area contributed by atoms with Crippen LogP contribution in [0.25, 0.3) is 0 Å². The number of unbranched alkanes of at least 4 members (excludes halogenated alkanes) is 9. The number of amides is 1. The fourth-order valence-electron chi connectivity index (χ4n) is 3.49. The van der Waals surface area contributed by atoms with Gasteiger partial charge in [0.25, 0.3) is 5.91 Å². The Balaban J connectivity index is 2.41. The van der Waals surface area contributed by atoms with Crippen molar-refractivity contribution in [3.05, 3.63) is 35.1 Å². The first-order chi connectivity index (χ1) is 15.3. The number of esters is 1. The SMILES string of the molecule is CCCCCCCCCCCCOC(=O)C(CC(C)C)NC(=O)c1ccc(F)c(F)c1F. The maximum Gasteiger partial charge on any atom is 0.328 e. The first kappa shape index (κ1) is 28.0. The number of rotatable bonds is 16. The van der Waals surface area contributed by atoms with E-state index in [1.165, 1.54) is 44.9 Å². The minimum atomic E-state index is -1.72. The van der Waals surface area contributed by atoms with Crippen LogP contribution in [0.2, 0.25) is 0 Å². The predicted octanol–water partition coefficient (Wildman–Crippen LogP) is 6.71. The number of nitrogens with one attached hydrogen (secondary N) is 1. The molecule has 0 aliphatic heterocycles. The van der Waals surface area contributed by atoms with Crippen LogP contribution in [0.15, 0.2) is 12.1 Å². The summed E-state index contributed by atoms with van der Waals surface area (Å²) in [5.74, 6) is -6.21. The number of hydrogen-bond acceptors (Lipinski definition) is 3. The number of halogens is 3. The highest BCUT2D eigenvalue weighted by atomic mass is 19.2. The van der Waals surface area contributed by atoms with Crippen LogP contribution in [0.1, 0.15) is 102 Å². The Morgan fingerprint density at radius 2 is 1.44 bits per heavy atom. The molecule has 0 fully saturated rings. The van der Waals surface area contributed by atoms with E-state index in [1.54, 1.807) is 0 Å². The molecular formula is C25H38F3NO3. The molecule has 1 unspecified atom stereocenters. The van der Waals surface area contributed by atoms with Gasteiger partial charge >= 0.3 is 5.97 Å². The molecule has 1 aromatic rings. The number of benzene rings is 1. The van der Waals surface area contributed by atoms with Gasteiger partial charge in [0.05, 0.1) is 12.2 Å². The van der Waals surface area contributed by atoms with Crippen LogP contribution in [-0.2, 0) is 9.53 Å². The van der Waals surface area contributed by atoms with E-state index in [2.05, 4.69) is 12.2 Å². The zero-order valence-electron chi connectivity index (χ0n) is 19.7. The van der Waals surface area contributed by atoms with Gasteiger partial charge in [-0.15, -0.1) is 0 Å². The summed E-state index contributed by atoms with van der Waals surface area (Å²) in [6.45, 7) is 6.19. The Bertz CT molecular complexity index is 710. The maximum absolute atomic E-state index is 13.9. The summed E-state index contributed by atoms with van der Waals surface area (Å²) in [6.07, 6.45) is 11.9. The summed E-state index contributed by atoms with van der Waals surface area (Å²) in [6, 6.07) is 0.539. The molecule has 0 aliphatic carbocycles. The fraction of sp³-hybridized carbons (Fsp3) is 0.680. The van der Waals surface area contributed by atoms with Crippen molar-refractivity contribution < 1.29 is 27.5 Å². The van der Waals surface area contributed by atoms with Crippen molar-refractivity contribution in [2.75, 3.05) is 6.61 Å². The van der Waals surface area contributed by atoms with Crippen molar-refractivity contribution in [3.63, 3.8) is 0 Å². The number of carbonyl (C=O) groups excluding carboxylic acids is 2. The lowest BCUT2D eigenvalue weighted by Crippen LogP contribution is -2.43. The number of ether oxygens (including phenoxy) is 1. The van der Waals surface area contributed by atoms with E-state index in [0.717, 1.165) is 25.3 Å². The highest BCUT2D eigenvalue weighted by Crippen LogP contribution is 2.16. The van der Waals surface area contributed by atoms with Crippen molar-refractivity contribution in [2.45, 2.75) is 97.4 Å². The second-order valence-corrected chi connectivity index (χ2v) is 8.73. The van der Waals surface area contributed by atoms with Gasteiger partial charge in [0.15, 0.2) is 17.5 Å². The molecule has 0 aromatic heterocycles. The second kappa shape index (κ2) is 15.7. The zero-order chi connectivity index (χ0) is 23.9. The highest BCUT2D eigenvalue weighted by molar-refractivity contribution is 5.97. The minimum absolute atomic E-state index is 0.0555. The Hall–Kier alpha value is -2.05. The molecule has 0 heterocycles. The third-order valence-corrected chi connectivity index (χ3v) is 5.32. The van der Waals surface area contributed by atoms with E-state index in [0.29, 0.717) is 6.07 Å². The third kappa shape index (κ3) is 10.5. The average Bonchev–Trinajstić information content (AvgIpc) is 2.74. The van der Waals surface area contributed by atoms with Crippen LogP contribution < -0.4 is 5.32 Å². The first-order valence-electron chi connectivity index (χ1n) is 11.9. The van der Waals surface area contributed by atoms with Crippen molar-refractivity contribution in [3.8, 4) is 0 Å². The monoisotopic (exact) mass is 457 g/mol. The van der Waals surface area contributed by atoms with Crippen molar-refractivity contribution >= 4 is 11.9 Å². The van der Waals surface area contributed by atoms with Gasteiger partial charge in [0.1, 0.15) is 6.04 Å². The van der Waals surface area contributed by atoms with Crippen LogP contribution >= 0.6 is 0 Å². The lowest BCUT2D eigenvalue weighted by atomic mass is 10.0. The molecule has 0 saturated carbocycles. The van der Waals surface area contributed by atoms with Crippen molar-refractivity contribution in [2.24, 2.45) is 5.92 Å². The van der Waals surface area contributed by atoms with Crippen LogP contribution in [-0.4, -0.2) is 24.5 Å². The van der Waals surface area contributed by atoms with Gasteiger partial charge in [-0.1, -0.05) is 78.6 Å². The van der Waals surface area contributed by atoms with Gasteiger partial charge < -0.3 is 10.1 Å². The maximum atomic E-state index is 13.9. The van der Waals surface area contributed by atoms with Gasteiger partial charge in [0.2, 0.25) is 0 Å². The summed E-state index contributed by atoms with van der Waals surface area (Å²) >= 11 is 0. The van der Waals surface area contributed by atoms with Crippen molar-refractivity contribution in [1.29, 1.82) is 0 Å². The molecule has 1 aromatic carbocycles. The summed E-state index contributed by atoms with van der Waals surface area (Å²) in [4.78, 5) is 24.8. The van der Waals surface area contributed by atoms with E-state index in [1.807, 2.05) is 13.8 Å². The Morgan fingerprint density at radius 1 is 0.875 bits per heavy atom. The van der Waals surface area contributed by atoms with E-state index in [4.69, 9.17) is 4.74 Å². The lowest BCUT2D eigenvalue weighted by Gasteiger charge is -2.19. The molecule has 0 saturated heterocycles. The summed E-state index contributed by atoms with van der Waals surface area (Å²) in [5.41, 5.74) is -0.653. The number of hydrogen-bond donors (Lipinski definition) is 1. The molecule has 32 heavy (non-hydrogen) atoms. The van der Waals surface area contributed by atoms with Gasteiger partial charge in [-0.25, -0.2) is 18.0 Å². The van der Waals surface area contributed by atoms with Crippen LogP contribution in [0, 0.1) is 23.4 Å². The molecule has 0 radical (unpaired) electrons. The zero-order valence-corrected chi connectivity index (χ0v) is 19.7. The van der Waals surface area contributed by atoms with Crippen LogP contribution in [0.3, 0.4) is 0 Å². The topological polar surface area (TPSA) is 55.4 Å². The smallest absolute Gasteiger partial charge is 0.328 e. The molecule has 1 N–H and O–H groups in total. The van der Waals surface area contributed by atoms with Gasteiger partial charge in [-0.3, -0.25) is 4.79 Å². The molecular weight excluding hydrogens is 419 g/mol. The van der Waals surface area contributed by atoms with E-state index < -0.39 is 40.9 Å². The largest absolute Gasteiger partial charge is 0.464 e. The van der Waals surface area contributed by atoms with E-state index >= 15 is 0 Å². The summed E-state index contributed by atoms with van der Waals surface area (Å²) < 4.78 is 45.7. The van der Waals surface area contributed by atoms with Gasteiger partial charge in [0, 0.05) is 0 Å². The van der Waals surface area contributed by atoms with Crippen LogP contribution in [0.4, 0.5) is 13.2 Å². The molecule has 0 spiro atoms. The number of carbonyl (C=O) groups is 2. The molecule has 182 valence electrons. The van der Waals surface area contributed by atoms with Gasteiger partial charge in [-0.2, -0.15) is 0 Å². The third-order valence-electron chi connectivity index (χ3n) is 5.32. The standard InChI is InChI=1S/C25H38F3NO3/c1-4-5-6-7-8-9-10-11-12-13-16-32-25(31)21(17-18(2)3)29-24(30)19-14-15-20(26)23(28)22(19)27/h14-15,18,21H,4-13,16-17H2,1-3H3,(H,29,30). The van der Waals surface area contributed by atoms with Crippen molar-refractivity contribution in [1.82, 2.24) is 5.32 Å². The quantitative estimate of drug-likeness (QED) is 0.170. The molecule has 0 bridgehead atoms. The molecule has 1 rings (SSSR count). The molecule has 4 nitrogen and oxygen atoms in total. The van der Waals surface area contributed by atoms with E-state index in [9.17, 15) is 22.8 Å². The highest BCUT2D eigenvalue weighted by Gasteiger charge is 2.26. The van der Waals surface area contributed by atoms with Crippen LogP contribution in [0.5, 0.6) is 0 Å². The first-order valence-corrected chi connectivity index (χ1v) is 11.9. The molecule has 7 heteroatoms. The Labute approximate surface area is 190 Å². The Kier molecular flexibility index (Phi) is 13.7. The fourth-order valence-corrected chi connectivity index (χ4v) is 3.49. The minimum Gasteiger partial charge on any atom is -0.464 e. The normalized spacial score (nSPS) is 12.1. The molecule has 1 atom stereocenters. The van der Waals surface area contributed by atoms with E-state index in [-0.39, 0.29) is 18.9 Å². The summed E-state index contributed by atoms with van der Waals surface area (Å²) in [5, 5.41) is 2.40. The lowest BCUT2D eigenvalue weighted by molar-refractivity contribution is -0.146. The average molecular weight is 458 g/mol. The molecule has 0 aliphatic rings. The van der Waals surface area contributed by atoms with Gasteiger partial charge in [-0.05, 0) is 30.9 Å². The molecule has 1 amide bonds. The Morgan fingerprint density at radius 3 is 2.00 bits per heavy atom. The summed E-state index contributed by atoms with van der Waals surface area (Å²) in [7, 11) is 0. The predicted molar refractivity (Wildman–Crippen MR) is 120 cm³/mol.